The summed E-state index contributed by atoms with van der Waals surface area (Å²) in [4.78, 5) is 26.4. The molecule has 0 amide bonds. The summed E-state index contributed by atoms with van der Waals surface area (Å²) in [7, 11) is 3.89. The first-order valence-electron chi connectivity index (χ1n) is 14.2. The molecule has 6 rings (SSSR count). The molecule has 4 heterocycles. The Balaban J connectivity index is 1.35. The number of aliphatic hydroxyl groups is 7. The second-order valence-corrected chi connectivity index (χ2v) is 11.0. The Labute approximate surface area is 262 Å². The zero-order valence-electron chi connectivity index (χ0n) is 25.0. The number of benzene rings is 2. The predicted molar refractivity (Wildman–Crippen MR) is 154 cm³/mol. The molecule has 47 heavy (non-hydrogen) atoms. The number of methoxy groups -OCH3 is 3. The molecule has 256 valence electrons. The smallest absolute Gasteiger partial charge is 0.344 e. The van der Waals surface area contributed by atoms with Crippen molar-refractivity contribution in [2.45, 2.75) is 61.4 Å². The van der Waals surface area contributed by atoms with Crippen molar-refractivity contribution >= 4 is 32.7 Å². The maximum Gasteiger partial charge on any atom is 0.344 e. The standard InChI is InChI=1S/C29H32O18/c1-39-10-4-8-14-15-9(27(38)46-24(14)22(10)40-2)5-11(23(41-3)25(15)47-26(8)37)43-29-21(36)19(34)17(32)13(45-29)7-42-28-20(35)18(33)16(31)12(6-30)44-28/h4-5,12-13,16-21,28-36H,6-7H2,1-3H3. The van der Waals surface area contributed by atoms with Gasteiger partial charge in [-0.1, -0.05) is 0 Å². The largest absolute Gasteiger partial charge is 0.493 e. The van der Waals surface area contributed by atoms with E-state index in [0.29, 0.717) is 0 Å². The van der Waals surface area contributed by atoms with Gasteiger partial charge in [-0.25, -0.2) is 9.59 Å². The number of hydrogen-bond acceptors (Lipinski definition) is 18. The summed E-state index contributed by atoms with van der Waals surface area (Å²) >= 11 is 0. The topological polar surface area (TPSA) is 267 Å². The Morgan fingerprint density at radius 3 is 1.66 bits per heavy atom. The molecule has 2 aliphatic rings. The lowest BCUT2D eigenvalue weighted by Gasteiger charge is -2.42. The highest BCUT2D eigenvalue weighted by atomic mass is 16.7. The molecule has 10 atom stereocenters. The van der Waals surface area contributed by atoms with Crippen LogP contribution in [0.5, 0.6) is 23.0 Å². The quantitative estimate of drug-likeness (QED) is 0.0719. The first-order chi connectivity index (χ1) is 22.4. The zero-order chi connectivity index (χ0) is 33.9. The molecule has 0 radical (unpaired) electrons. The highest BCUT2D eigenvalue weighted by Gasteiger charge is 2.48. The minimum absolute atomic E-state index is 0.0139. The number of hydrogen-bond donors (Lipinski definition) is 7. The van der Waals surface area contributed by atoms with Crippen LogP contribution in [0.15, 0.2) is 30.6 Å². The van der Waals surface area contributed by atoms with Crippen LogP contribution >= 0.6 is 0 Å². The van der Waals surface area contributed by atoms with Crippen molar-refractivity contribution in [3.63, 3.8) is 0 Å². The third-order valence-electron chi connectivity index (χ3n) is 8.30. The third-order valence-corrected chi connectivity index (χ3v) is 8.30. The molecule has 2 aliphatic heterocycles. The summed E-state index contributed by atoms with van der Waals surface area (Å²) in [6, 6.07) is 2.56. The van der Waals surface area contributed by atoms with Crippen molar-refractivity contribution in [2.75, 3.05) is 34.5 Å². The third kappa shape index (κ3) is 5.32. The van der Waals surface area contributed by atoms with Crippen LogP contribution < -0.4 is 30.2 Å². The normalized spacial score (nSPS) is 31.4. The van der Waals surface area contributed by atoms with Crippen LogP contribution in [0.2, 0.25) is 0 Å². The lowest BCUT2D eigenvalue weighted by atomic mass is 9.98. The summed E-state index contributed by atoms with van der Waals surface area (Å²) in [5.41, 5.74) is -2.07. The predicted octanol–water partition coefficient (Wildman–Crippen LogP) is -2.48. The maximum atomic E-state index is 13.3. The number of ether oxygens (including phenoxy) is 7. The Bertz CT molecular complexity index is 1870. The van der Waals surface area contributed by atoms with Crippen molar-refractivity contribution in [3.05, 3.63) is 33.0 Å². The summed E-state index contributed by atoms with van der Waals surface area (Å²) in [6.45, 7) is -1.33. The van der Waals surface area contributed by atoms with E-state index in [1.54, 1.807) is 0 Å². The Kier molecular flexibility index (Phi) is 8.91. The molecule has 2 aromatic heterocycles. The fourth-order valence-electron chi connectivity index (χ4n) is 5.84. The summed E-state index contributed by atoms with van der Waals surface area (Å²) in [5, 5.41) is 71.8. The van der Waals surface area contributed by atoms with E-state index in [1.807, 2.05) is 0 Å². The molecule has 0 aliphatic carbocycles. The van der Waals surface area contributed by atoms with Gasteiger partial charge in [0.1, 0.15) is 48.8 Å². The fraction of sp³-hybridized carbons (Fsp3) is 0.517. The molecule has 2 aromatic carbocycles. The first kappa shape index (κ1) is 33.1. The van der Waals surface area contributed by atoms with E-state index in [1.165, 1.54) is 33.5 Å². The van der Waals surface area contributed by atoms with E-state index < -0.39 is 85.9 Å². The Morgan fingerprint density at radius 2 is 1.13 bits per heavy atom. The van der Waals surface area contributed by atoms with Gasteiger partial charge in [0, 0.05) is 10.8 Å². The fourth-order valence-corrected chi connectivity index (χ4v) is 5.84. The molecule has 7 N–H and O–H groups in total. The van der Waals surface area contributed by atoms with E-state index in [2.05, 4.69) is 0 Å². The van der Waals surface area contributed by atoms with Crippen molar-refractivity contribution in [1.82, 2.24) is 0 Å². The minimum Gasteiger partial charge on any atom is -0.493 e. The average Bonchev–Trinajstić information content (AvgIpc) is 3.06. The molecule has 0 bridgehead atoms. The van der Waals surface area contributed by atoms with Crippen LogP contribution in [0.25, 0.3) is 32.7 Å². The van der Waals surface area contributed by atoms with Gasteiger partial charge >= 0.3 is 11.3 Å². The molecule has 10 unspecified atom stereocenters. The van der Waals surface area contributed by atoms with E-state index >= 15 is 0 Å². The summed E-state index contributed by atoms with van der Waals surface area (Å²) in [5.74, 6) is -0.337. The minimum atomic E-state index is -1.89. The van der Waals surface area contributed by atoms with E-state index in [-0.39, 0.29) is 55.7 Å². The summed E-state index contributed by atoms with van der Waals surface area (Å²) < 4.78 is 49.6. The zero-order valence-corrected chi connectivity index (χ0v) is 25.0. The SMILES string of the molecule is COc1cc2c(=O)oc3c(OC)c(OC4OC(COC5OC(CO)C(O)C(O)C5O)C(O)C(O)C4O)cc4c(=O)oc(c1OC)c2c34. The second kappa shape index (κ2) is 12.7. The van der Waals surface area contributed by atoms with Gasteiger partial charge in [0.15, 0.2) is 29.0 Å². The molecule has 18 nitrogen and oxygen atoms in total. The lowest BCUT2D eigenvalue weighted by molar-refractivity contribution is -0.323. The molecule has 0 saturated carbocycles. The lowest BCUT2D eigenvalue weighted by Crippen LogP contribution is -2.62. The van der Waals surface area contributed by atoms with Crippen molar-refractivity contribution in [1.29, 1.82) is 0 Å². The van der Waals surface area contributed by atoms with Gasteiger partial charge in [-0.3, -0.25) is 0 Å². The summed E-state index contributed by atoms with van der Waals surface area (Å²) in [6.07, 6.45) is -16.7. The molecular formula is C29H32O18. The van der Waals surface area contributed by atoms with Crippen molar-refractivity contribution in [2.24, 2.45) is 0 Å². The maximum absolute atomic E-state index is 13.3. The molecule has 2 saturated heterocycles. The van der Waals surface area contributed by atoms with Gasteiger partial charge in [0.2, 0.25) is 17.8 Å². The van der Waals surface area contributed by atoms with E-state index in [4.69, 9.17) is 42.0 Å². The molecule has 0 spiro atoms. The molecule has 4 aromatic rings. The average molecular weight is 669 g/mol. The van der Waals surface area contributed by atoms with Crippen LogP contribution in [0.3, 0.4) is 0 Å². The highest BCUT2D eigenvalue weighted by Crippen LogP contribution is 2.46. The van der Waals surface area contributed by atoms with Gasteiger partial charge in [-0.15, -0.1) is 0 Å². The monoisotopic (exact) mass is 668 g/mol. The van der Waals surface area contributed by atoms with Gasteiger partial charge in [0.25, 0.3) is 0 Å². The van der Waals surface area contributed by atoms with Crippen LogP contribution in [-0.2, 0) is 14.2 Å². The van der Waals surface area contributed by atoms with Gasteiger partial charge in [0.05, 0.1) is 45.3 Å². The van der Waals surface area contributed by atoms with Crippen molar-refractivity contribution in [3.8, 4) is 23.0 Å². The van der Waals surface area contributed by atoms with Crippen LogP contribution in [0.4, 0.5) is 0 Å². The Morgan fingerprint density at radius 1 is 0.638 bits per heavy atom. The molecular weight excluding hydrogens is 636 g/mol. The second-order valence-electron chi connectivity index (χ2n) is 11.0. The van der Waals surface area contributed by atoms with Crippen LogP contribution in [-0.4, -0.2) is 132 Å². The molecule has 2 fully saturated rings. The van der Waals surface area contributed by atoms with Gasteiger partial charge in [-0.2, -0.15) is 0 Å². The highest BCUT2D eigenvalue weighted by molar-refractivity contribution is 6.22. The van der Waals surface area contributed by atoms with Crippen molar-refractivity contribution < 1.29 is 77.7 Å². The van der Waals surface area contributed by atoms with Crippen LogP contribution in [0.1, 0.15) is 0 Å². The number of rotatable bonds is 9. The van der Waals surface area contributed by atoms with Gasteiger partial charge in [-0.05, 0) is 12.1 Å². The molecule has 18 heteroatoms. The number of aliphatic hydroxyl groups excluding tert-OH is 7. The van der Waals surface area contributed by atoms with E-state index in [0.717, 1.165) is 0 Å². The van der Waals surface area contributed by atoms with Crippen LogP contribution in [0, 0.1) is 0 Å². The Hall–Kier alpha value is -3.82. The van der Waals surface area contributed by atoms with Gasteiger partial charge < -0.3 is 77.7 Å². The first-order valence-corrected chi connectivity index (χ1v) is 14.2. The van der Waals surface area contributed by atoms with E-state index in [9.17, 15) is 45.3 Å².